The summed E-state index contributed by atoms with van der Waals surface area (Å²) in [5.41, 5.74) is 12.3. The van der Waals surface area contributed by atoms with Crippen molar-refractivity contribution < 1.29 is 14.7 Å². The molecule has 0 spiro atoms. The van der Waals surface area contributed by atoms with Gasteiger partial charge in [-0.05, 0) is 48.4 Å². The summed E-state index contributed by atoms with van der Waals surface area (Å²) in [6.45, 7) is 5.31. The Bertz CT molecular complexity index is 1660. The van der Waals surface area contributed by atoms with Crippen molar-refractivity contribution in [2.45, 2.75) is 6.92 Å². The highest BCUT2D eigenvalue weighted by atomic mass is 16.4. The van der Waals surface area contributed by atoms with Gasteiger partial charge in [0.25, 0.3) is 5.91 Å². The van der Waals surface area contributed by atoms with Gasteiger partial charge in [-0.3, -0.25) is 4.79 Å². The number of nitrogen functional groups attached to an aromatic ring is 1. The number of H-pyrrole nitrogens is 1. The van der Waals surface area contributed by atoms with Crippen LogP contribution in [0.5, 0.6) is 0 Å². The SMILES string of the molecule is C=C(C)C(=O)Nc1ccc(-c2c(-c3ccc4[nH]c(C(=O)O)cc4c3)c3c(N)ncnc3n2C)cc1. The maximum absolute atomic E-state index is 12.0. The number of amides is 1. The van der Waals surface area contributed by atoms with E-state index in [1.165, 1.54) is 6.33 Å². The molecular weight excluding hydrogens is 444 g/mol. The number of carbonyl (C=O) groups excluding carboxylic acids is 1. The number of aromatic nitrogens is 4. The van der Waals surface area contributed by atoms with E-state index >= 15 is 0 Å². The molecule has 0 radical (unpaired) electrons. The molecule has 0 saturated carbocycles. The van der Waals surface area contributed by atoms with E-state index in [0.29, 0.717) is 28.1 Å². The number of rotatable bonds is 5. The topological polar surface area (TPSA) is 139 Å². The molecule has 9 heteroatoms. The molecule has 2 aromatic carbocycles. The molecule has 0 saturated heterocycles. The number of aryl methyl sites for hydroxylation is 1. The molecule has 5 aromatic rings. The minimum Gasteiger partial charge on any atom is -0.477 e. The molecule has 9 nitrogen and oxygen atoms in total. The van der Waals surface area contributed by atoms with Crippen molar-refractivity contribution in [3.05, 3.63) is 72.7 Å². The lowest BCUT2D eigenvalue weighted by atomic mass is 9.97. The average molecular weight is 467 g/mol. The van der Waals surface area contributed by atoms with Crippen LogP contribution in [-0.2, 0) is 11.8 Å². The molecule has 3 aromatic heterocycles. The molecule has 0 aliphatic heterocycles. The number of fused-ring (bicyclic) bond motifs is 2. The van der Waals surface area contributed by atoms with E-state index in [1.54, 1.807) is 13.0 Å². The molecule has 0 fully saturated rings. The second-order valence-corrected chi connectivity index (χ2v) is 8.34. The lowest BCUT2D eigenvalue weighted by molar-refractivity contribution is -0.112. The smallest absolute Gasteiger partial charge is 0.352 e. The lowest BCUT2D eigenvalue weighted by Gasteiger charge is -2.11. The Balaban J connectivity index is 1.71. The zero-order valence-electron chi connectivity index (χ0n) is 19.1. The second kappa shape index (κ2) is 8.14. The molecule has 0 bridgehead atoms. The third-order valence-electron chi connectivity index (χ3n) is 5.94. The number of benzene rings is 2. The number of hydrogen-bond donors (Lipinski definition) is 4. The van der Waals surface area contributed by atoms with Crippen LogP contribution in [0.3, 0.4) is 0 Å². The fourth-order valence-corrected chi connectivity index (χ4v) is 4.25. The number of nitrogens with zero attached hydrogens (tertiary/aromatic N) is 3. The maximum atomic E-state index is 12.0. The van der Waals surface area contributed by atoms with E-state index in [9.17, 15) is 14.7 Å². The van der Waals surface area contributed by atoms with E-state index < -0.39 is 5.97 Å². The Hall–Kier alpha value is -4.92. The van der Waals surface area contributed by atoms with Crippen molar-refractivity contribution in [3.8, 4) is 22.4 Å². The summed E-state index contributed by atoms with van der Waals surface area (Å²) in [6.07, 6.45) is 1.43. The molecule has 5 N–H and O–H groups in total. The molecule has 0 unspecified atom stereocenters. The number of carbonyl (C=O) groups is 2. The fourth-order valence-electron chi connectivity index (χ4n) is 4.25. The van der Waals surface area contributed by atoms with Gasteiger partial charge in [0, 0.05) is 34.8 Å². The van der Waals surface area contributed by atoms with Crippen LogP contribution in [-0.4, -0.2) is 36.5 Å². The summed E-state index contributed by atoms with van der Waals surface area (Å²) in [5.74, 6) is -0.922. The highest BCUT2D eigenvalue weighted by Gasteiger charge is 2.22. The number of carboxylic acid groups (broad SMARTS) is 1. The quantitative estimate of drug-likeness (QED) is 0.280. The van der Waals surface area contributed by atoms with Crippen LogP contribution >= 0.6 is 0 Å². The summed E-state index contributed by atoms with van der Waals surface area (Å²) in [7, 11) is 1.90. The van der Waals surface area contributed by atoms with E-state index in [4.69, 9.17) is 5.73 Å². The highest BCUT2D eigenvalue weighted by molar-refractivity contribution is 6.09. The van der Waals surface area contributed by atoms with Crippen molar-refractivity contribution in [2.24, 2.45) is 7.05 Å². The molecule has 0 aliphatic carbocycles. The molecule has 0 atom stereocenters. The molecule has 0 aliphatic rings. The number of hydrogen-bond acceptors (Lipinski definition) is 5. The monoisotopic (exact) mass is 466 g/mol. The van der Waals surface area contributed by atoms with Crippen LogP contribution in [0.2, 0.25) is 0 Å². The first kappa shape index (κ1) is 21.9. The van der Waals surface area contributed by atoms with E-state index in [-0.39, 0.29) is 11.6 Å². The summed E-state index contributed by atoms with van der Waals surface area (Å²) < 4.78 is 1.95. The Morgan fingerprint density at radius 2 is 1.80 bits per heavy atom. The first-order valence-electron chi connectivity index (χ1n) is 10.8. The Kier molecular flexibility index (Phi) is 5.09. The van der Waals surface area contributed by atoms with Crippen LogP contribution in [0.15, 0.2) is 67.0 Å². The van der Waals surface area contributed by atoms with Gasteiger partial charge in [0.15, 0.2) is 0 Å². The van der Waals surface area contributed by atoms with E-state index in [2.05, 4.69) is 26.8 Å². The van der Waals surface area contributed by atoms with E-state index in [0.717, 1.165) is 33.3 Å². The number of anilines is 2. The number of carboxylic acids is 1. The number of aromatic amines is 1. The first-order chi connectivity index (χ1) is 16.7. The fraction of sp³-hybridized carbons (Fsp3) is 0.0769. The average Bonchev–Trinajstić information content (AvgIpc) is 3.39. The van der Waals surface area contributed by atoms with Crippen LogP contribution < -0.4 is 11.1 Å². The Morgan fingerprint density at radius 1 is 1.09 bits per heavy atom. The van der Waals surface area contributed by atoms with Crippen molar-refractivity contribution in [2.75, 3.05) is 11.1 Å². The van der Waals surface area contributed by atoms with Crippen LogP contribution in [0.1, 0.15) is 17.4 Å². The van der Waals surface area contributed by atoms with Gasteiger partial charge in [0.05, 0.1) is 11.1 Å². The summed E-state index contributed by atoms with van der Waals surface area (Å²) >= 11 is 0. The van der Waals surface area contributed by atoms with Gasteiger partial charge in [-0.1, -0.05) is 24.8 Å². The van der Waals surface area contributed by atoms with Gasteiger partial charge >= 0.3 is 5.97 Å². The van der Waals surface area contributed by atoms with Gasteiger partial charge in [-0.2, -0.15) is 0 Å². The Morgan fingerprint density at radius 3 is 2.49 bits per heavy atom. The second-order valence-electron chi connectivity index (χ2n) is 8.34. The summed E-state index contributed by atoms with van der Waals surface area (Å²) in [6, 6.07) is 14.7. The van der Waals surface area contributed by atoms with Crippen LogP contribution in [0.25, 0.3) is 44.3 Å². The molecule has 35 heavy (non-hydrogen) atoms. The molecule has 174 valence electrons. The third-order valence-corrected chi connectivity index (χ3v) is 5.94. The number of nitrogens with two attached hydrogens (primary N) is 1. The third kappa shape index (κ3) is 3.68. The molecule has 3 heterocycles. The lowest BCUT2D eigenvalue weighted by Crippen LogP contribution is -2.11. The Labute approximate surface area is 199 Å². The van der Waals surface area contributed by atoms with Crippen LogP contribution in [0, 0.1) is 0 Å². The van der Waals surface area contributed by atoms with Gasteiger partial charge in [-0.25, -0.2) is 14.8 Å². The van der Waals surface area contributed by atoms with Crippen molar-refractivity contribution in [1.82, 2.24) is 19.5 Å². The first-order valence-corrected chi connectivity index (χ1v) is 10.8. The zero-order chi connectivity index (χ0) is 24.9. The standard InChI is InChI=1S/C26H22N6O3/c1-13(2)25(33)30-17-7-4-14(5-8-17)22-20(21-23(27)28-12-29-24(21)32(22)3)15-6-9-18-16(10-15)11-19(31-18)26(34)35/h4-12,31H,1H2,2-3H3,(H,30,33)(H,34,35)(H2,27,28,29). The highest BCUT2D eigenvalue weighted by Crippen LogP contribution is 2.42. The van der Waals surface area contributed by atoms with Crippen LogP contribution in [0.4, 0.5) is 11.5 Å². The molecular formula is C26H22N6O3. The number of aromatic carboxylic acids is 1. The zero-order valence-corrected chi connectivity index (χ0v) is 19.1. The van der Waals surface area contributed by atoms with Gasteiger partial charge in [0.2, 0.25) is 0 Å². The van der Waals surface area contributed by atoms with Crippen molar-refractivity contribution in [1.29, 1.82) is 0 Å². The van der Waals surface area contributed by atoms with Gasteiger partial charge in [0.1, 0.15) is 23.5 Å². The minimum atomic E-state index is -1.02. The van der Waals surface area contributed by atoms with Gasteiger partial charge < -0.3 is 25.7 Å². The molecule has 1 amide bonds. The maximum Gasteiger partial charge on any atom is 0.352 e. The van der Waals surface area contributed by atoms with Crippen molar-refractivity contribution >= 4 is 45.3 Å². The largest absolute Gasteiger partial charge is 0.477 e. The minimum absolute atomic E-state index is 0.116. The number of nitrogens with one attached hydrogen (secondary N) is 2. The predicted molar refractivity (Wildman–Crippen MR) is 136 cm³/mol. The predicted octanol–water partition coefficient (Wildman–Crippen LogP) is 4.58. The van der Waals surface area contributed by atoms with Gasteiger partial charge in [-0.15, -0.1) is 0 Å². The normalized spacial score (nSPS) is 11.1. The summed E-state index contributed by atoms with van der Waals surface area (Å²) in [4.78, 5) is 35.0. The van der Waals surface area contributed by atoms with E-state index in [1.807, 2.05) is 54.1 Å². The van der Waals surface area contributed by atoms with Crippen molar-refractivity contribution in [3.63, 3.8) is 0 Å². The summed E-state index contributed by atoms with van der Waals surface area (Å²) in [5, 5.41) is 13.6. The molecule has 5 rings (SSSR count).